The molecule has 0 saturated carbocycles. The van der Waals surface area contributed by atoms with E-state index in [-0.39, 0.29) is 0 Å². The van der Waals surface area contributed by atoms with Crippen LogP contribution < -0.4 is 10.5 Å². The van der Waals surface area contributed by atoms with Crippen LogP contribution in [0.1, 0.15) is 11.3 Å². The van der Waals surface area contributed by atoms with Crippen molar-refractivity contribution in [2.24, 2.45) is 5.73 Å². The Morgan fingerprint density at radius 1 is 1.44 bits per heavy atom. The van der Waals surface area contributed by atoms with E-state index in [2.05, 4.69) is 10.3 Å². The average Bonchev–Trinajstić information content (AvgIpc) is 2.77. The van der Waals surface area contributed by atoms with E-state index in [0.717, 1.165) is 22.7 Å². The topological polar surface area (TPSA) is 66.0 Å². The molecule has 2 N–H and O–H groups in total. The number of nitrogens with zero attached hydrogens (tertiary/aromatic N) is 3. The molecule has 0 unspecified atom stereocenters. The summed E-state index contributed by atoms with van der Waals surface area (Å²) in [7, 11) is 1.66. The molecule has 0 aliphatic carbocycles. The van der Waals surface area contributed by atoms with E-state index in [1.165, 1.54) is 0 Å². The van der Waals surface area contributed by atoms with Crippen LogP contribution in [0, 0.1) is 6.92 Å². The summed E-state index contributed by atoms with van der Waals surface area (Å²) in [5.74, 6) is 0.864. The largest absolute Gasteiger partial charge is 0.496 e. The van der Waals surface area contributed by atoms with Gasteiger partial charge in [-0.3, -0.25) is 0 Å². The van der Waals surface area contributed by atoms with Gasteiger partial charge in [0.1, 0.15) is 5.75 Å². The number of hydrogen-bond donors (Lipinski definition) is 1. The summed E-state index contributed by atoms with van der Waals surface area (Å²) < 4.78 is 6.90. The third-order valence-electron chi connectivity index (χ3n) is 2.39. The molecule has 84 valence electrons. The average molecular weight is 218 g/mol. The molecule has 0 radical (unpaired) electrons. The van der Waals surface area contributed by atoms with Gasteiger partial charge in [-0.25, -0.2) is 4.68 Å². The van der Waals surface area contributed by atoms with Gasteiger partial charge in [0.25, 0.3) is 0 Å². The minimum atomic E-state index is 0.398. The Balaban J connectivity index is 2.37. The molecule has 0 atom stereocenters. The van der Waals surface area contributed by atoms with Crippen molar-refractivity contribution >= 4 is 0 Å². The van der Waals surface area contributed by atoms with Crippen molar-refractivity contribution < 1.29 is 4.74 Å². The third-order valence-corrected chi connectivity index (χ3v) is 2.39. The molecule has 0 amide bonds. The number of aryl methyl sites for hydroxylation is 1. The molecule has 0 spiro atoms. The summed E-state index contributed by atoms with van der Waals surface area (Å²) in [6.07, 6.45) is 1.82. The molecule has 0 aliphatic rings. The summed E-state index contributed by atoms with van der Waals surface area (Å²) in [5, 5.41) is 7.94. The molecule has 1 aromatic carbocycles. The second-order valence-corrected chi connectivity index (χ2v) is 3.51. The Labute approximate surface area is 93.8 Å². The van der Waals surface area contributed by atoms with E-state index < -0.39 is 0 Å². The van der Waals surface area contributed by atoms with Crippen LogP contribution in [-0.4, -0.2) is 22.1 Å². The second kappa shape index (κ2) is 4.32. The number of ether oxygens (including phenoxy) is 1. The standard InChI is InChI=1S/C11H14N4O/c1-8-5-10(3-4-11(8)16-2)15-7-9(6-12)13-14-15/h3-5,7H,6,12H2,1-2H3. The molecular weight excluding hydrogens is 204 g/mol. The zero-order valence-corrected chi connectivity index (χ0v) is 9.34. The monoisotopic (exact) mass is 218 g/mol. The van der Waals surface area contributed by atoms with Gasteiger partial charge in [-0.2, -0.15) is 0 Å². The molecule has 1 heterocycles. The molecule has 16 heavy (non-hydrogen) atoms. The van der Waals surface area contributed by atoms with Crippen LogP contribution in [0.25, 0.3) is 5.69 Å². The van der Waals surface area contributed by atoms with E-state index in [0.29, 0.717) is 6.54 Å². The lowest BCUT2D eigenvalue weighted by Gasteiger charge is -2.06. The maximum absolute atomic E-state index is 5.48. The lowest BCUT2D eigenvalue weighted by molar-refractivity contribution is 0.411. The molecule has 5 nitrogen and oxygen atoms in total. The van der Waals surface area contributed by atoms with Crippen molar-refractivity contribution in [3.63, 3.8) is 0 Å². The van der Waals surface area contributed by atoms with Gasteiger partial charge in [-0.05, 0) is 30.7 Å². The number of benzene rings is 1. The number of rotatable bonds is 3. The van der Waals surface area contributed by atoms with E-state index in [1.807, 2.05) is 31.3 Å². The first-order valence-corrected chi connectivity index (χ1v) is 5.01. The Kier molecular flexibility index (Phi) is 2.87. The van der Waals surface area contributed by atoms with E-state index in [9.17, 15) is 0 Å². The normalized spacial score (nSPS) is 10.4. The molecule has 2 rings (SSSR count). The van der Waals surface area contributed by atoms with Crippen molar-refractivity contribution in [1.29, 1.82) is 0 Å². The van der Waals surface area contributed by atoms with E-state index in [1.54, 1.807) is 11.8 Å². The van der Waals surface area contributed by atoms with Crippen molar-refractivity contribution in [2.75, 3.05) is 7.11 Å². The van der Waals surface area contributed by atoms with Crippen LogP contribution in [0.3, 0.4) is 0 Å². The second-order valence-electron chi connectivity index (χ2n) is 3.51. The number of aromatic nitrogens is 3. The number of methoxy groups -OCH3 is 1. The van der Waals surface area contributed by atoms with Gasteiger partial charge < -0.3 is 10.5 Å². The van der Waals surface area contributed by atoms with Gasteiger partial charge in [-0.1, -0.05) is 5.21 Å². The highest BCUT2D eigenvalue weighted by Crippen LogP contribution is 2.20. The fourth-order valence-corrected chi connectivity index (χ4v) is 1.52. The third kappa shape index (κ3) is 1.90. The summed E-state index contributed by atoms with van der Waals surface area (Å²) >= 11 is 0. The minimum Gasteiger partial charge on any atom is -0.496 e. The van der Waals surface area contributed by atoms with Gasteiger partial charge in [0.05, 0.1) is 24.7 Å². The Bertz CT molecular complexity index is 492. The highest BCUT2D eigenvalue weighted by atomic mass is 16.5. The Morgan fingerprint density at radius 2 is 2.25 bits per heavy atom. The molecule has 0 bridgehead atoms. The SMILES string of the molecule is COc1ccc(-n2cc(CN)nn2)cc1C. The van der Waals surface area contributed by atoms with Crippen LogP contribution in [0.15, 0.2) is 24.4 Å². The summed E-state index contributed by atoms with van der Waals surface area (Å²) in [6.45, 7) is 2.39. The summed E-state index contributed by atoms with van der Waals surface area (Å²) in [4.78, 5) is 0. The lowest BCUT2D eigenvalue weighted by Crippen LogP contribution is -1.97. The smallest absolute Gasteiger partial charge is 0.121 e. The maximum Gasteiger partial charge on any atom is 0.121 e. The van der Waals surface area contributed by atoms with Gasteiger partial charge in [-0.15, -0.1) is 5.10 Å². The molecule has 0 aliphatic heterocycles. The van der Waals surface area contributed by atoms with Crippen LogP contribution in [0.5, 0.6) is 5.75 Å². The van der Waals surface area contributed by atoms with Crippen molar-refractivity contribution in [2.45, 2.75) is 13.5 Å². The fourth-order valence-electron chi connectivity index (χ4n) is 1.52. The highest BCUT2D eigenvalue weighted by Gasteiger charge is 2.04. The zero-order valence-electron chi connectivity index (χ0n) is 9.34. The van der Waals surface area contributed by atoms with Crippen molar-refractivity contribution in [1.82, 2.24) is 15.0 Å². The number of nitrogens with two attached hydrogens (primary N) is 1. The van der Waals surface area contributed by atoms with E-state index >= 15 is 0 Å². The predicted octanol–water partition coefficient (Wildman–Crippen LogP) is 1.04. The van der Waals surface area contributed by atoms with Crippen LogP contribution >= 0.6 is 0 Å². The van der Waals surface area contributed by atoms with Crippen LogP contribution in [-0.2, 0) is 6.54 Å². The maximum atomic E-state index is 5.48. The van der Waals surface area contributed by atoms with E-state index in [4.69, 9.17) is 10.5 Å². The zero-order chi connectivity index (χ0) is 11.5. The Hall–Kier alpha value is -1.88. The first kappa shape index (κ1) is 10.6. The van der Waals surface area contributed by atoms with Crippen molar-refractivity contribution in [3.8, 4) is 11.4 Å². The summed E-state index contributed by atoms with van der Waals surface area (Å²) in [5.41, 5.74) is 8.26. The first-order valence-electron chi connectivity index (χ1n) is 5.01. The highest BCUT2D eigenvalue weighted by molar-refractivity contribution is 5.43. The Morgan fingerprint density at radius 3 is 2.81 bits per heavy atom. The quantitative estimate of drug-likeness (QED) is 0.836. The first-order chi connectivity index (χ1) is 7.74. The van der Waals surface area contributed by atoms with Gasteiger partial charge in [0.15, 0.2) is 0 Å². The summed E-state index contributed by atoms with van der Waals surface area (Å²) in [6, 6.07) is 5.84. The molecule has 0 saturated heterocycles. The minimum absolute atomic E-state index is 0.398. The molecule has 1 aromatic heterocycles. The van der Waals surface area contributed by atoms with Crippen LogP contribution in [0.2, 0.25) is 0 Å². The molecule has 5 heteroatoms. The molecule has 0 fully saturated rings. The lowest BCUT2D eigenvalue weighted by atomic mass is 10.2. The molecular formula is C11H14N4O. The van der Waals surface area contributed by atoms with Gasteiger partial charge in [0.2, 0.25) is 0 Å². The van der Waals surface area contributed by atoms with Crippen molar-refractivity contribution in [3.05, 3.63) is 35.7 Å². The van der Waals surface area contributed by atoms with Gasteiger partial charge >= 0.3 is 0 Å². The number of hydrogen-bond acceptors (Lipinski definition) is 4. The van der Waals surface area contributed by atoms with Crippen LogP contribution in [0.4, 0.5) is 0 Å². The molecule has 2 aromatic rings. The van der Waals surface area contributed by atoms with Gasteiger partial charge in [0, 0.05) is 6.54 Å². The predicted molar refractivity (Wildman–Crippen MR) is 60.5 cm³/mol. The fraction of sp³-hybridized carbons (Fsp3) is 0.273.